The number of anilines is 6. The van der Waals surface area contributed by atoms with Crippen molar-refractivity contribution in [3.8, 4) is 11.1 Å². The van der Waals surface area contributed by atoms with Gasteiger partial charge in [0.1, 0.15) is 0 Å². The normalized spacial score (nSPS) is 18.6. The first-order chi connectivity index (χ1) is 29.7. The molecule has 0 atom stereocenters. The topological polar surface area (TPSA) is 6.48 Å². The zero-order valence-electron chi connectivity index (χ0n) is 39.7. The summed E-state index contributed by atoms with van der Waals surface area (Å²) in [7, 11) is 0. The standard InChI is InChI=1S/C59H63BN2S/c1-36-30-49-53-50(31-36)62(40-21-18-38(19-22-40)37-16-14-13-15-17-37)54-52(42-32-39(55(2,3)4)20-25-51(42)63-54)60(53)47-34-45-46(59(11,12)29-28-58(45,9)10)35-48(47)61(49)41-23-24-43-44(33-41)57(7,8)27-26-56(43,5)6/h13-25,30-35H,26-29H2,1-12H3. The van der Waals surface area contributed by atoms with Gasteiger partial charge in [0.2, 0.25) is 0 Å². The highest BCUT2D eigenvalue weighted by Gasteiger charge is 2.48. The van der Waals surface area contributed by atoms with Crippen molar-refractivity contribution in [1.29, 1.82) is 0 Å². The molecule has 6 aromatic carbocycles. The van der Waals surface area contributed by atoms with E-state index in [0.717, 1.165) is 0 Å². The van der Waals surface area contributed by atoms with Gasteiger partial charge in [0.05, 0.1) is 5.00 Å². The van der Waals surface area contributed by atoms with Crippen molar-refractivity contribution in [1.82, 2.24) is 0 Å². The fraction of sp³-hybridized carbons (Fsp3) is 0.356. The highest BCUT2D eigenvalue weighted by molar-refractivity contribution is 7.26. The first kappa shape index (κ1) is 40.7. The molecule has 0 spiro atoms. The Morgan fingerprint density at radius 3 is 1.70 bits per heavy atom. The van der Waals surface area contributed by atoms with E-state index in [4.69, 9.17) is 0 Å². The Hall–Kier alpha value is -5.06. The molecular weight excluding hydrogens is 780 g/mol. The molecule has 4 aliphatic rings. The predicted molar refractivity (Wildman–Crippen MR) is 275 cm³/mol. The van der Waals surface area contributed by atoms with Crippen LogP contribution in [0.4, 0.5) is 33.4 Å². The summed E-state index contributed by atoms with van der Waals surface area (Å²) in [6.45, 7) is 29.2. The molecule has 0 bridgehead atoms. The molecular formula is C59H63BN2S. The number of fused-ring (bicyclic) bond motifs is 8. The van der Waals surface area contributed by atoms with Gasteiger partial charge in [-0.1, -0.05) is 143 Å². The molecule has 1 aromatic heterocycles. The Bertz CT molecular complexity index is 3010. The van der Waals surface area contributed by atoms with E-state index in [1.54, 1.807) is 0 Å². The van der Waals surface area contributed by atoms with Gasteiger partial charge in [0.25, 0.3) is 6.71 Å². The van der Waals surface area contributed by atoms with E-state index < -0.39 is 0 Å². The second kappa shape index (κ2) is 13.5. The third-order valence-corrected chi connectivity index (χ3v) is 17.2. The lowest BCUT2D eigenvalue weighted by Gasteiger charge is -2.47. The van der Waals surface area contributed by atoms with Crippen LogP contribution in [0.25, 0.3) is 21.2 Å². The molecule has 0 saturated carbocycles. The van der Waals surface area contributed by atoms with E-state index in [0.29, 0.717) is 0 Å². The van der Waals surface area contributed by atoms with Gasteiger partial charge in [-0.05, 0) is 174 Å². The van der Waals surface area contributed by atoms with Crippen LogP contribution in [0, 0.1) is 6.92 Å². The molecule has 2 aliphatic carbocycles. The third kappa shape index (κ3) is 6.17. The Morgan fingerprint density at radius 2 is 1.06 bits per heavy atom. The van der Waals surface area contributed by atoms with Gasteiger partial charge in [-0.2, -0.15) is 0 Å². The lowest BCUT2D eigenvalue weighted by molar-refractivity contribution is 0.332. The summed E-state index contributed by atoms with van der Waals surface area (Å²) >= 11 is 1.97. The van der Waals surface area contributed by atoms with Crippen molar-refractivity contribution < 1.29 is 0 Å². The fourth-order valence-electron chi connectivity index (χ4n) is 11.9. The first-order valence-electron chi connectivity index (χ1n) is 23.5. The summed E-state index contributed by atoms with van der Waals surface area (Å²) in [6.07, 6.45) is 4.77. The maximum Gasteiger partial charge on any atom is 0.254 e. The van der Waals surface area contributed by atoms with E-state index in [2.05, 4.69) is 208 Å². The third-order valence-electron chi connectivity index (χ3n) is 16.0. The smallest absolute Gasteiger partial charge is 0.254 e. The minimum Gasteiger partial charge on any atom is -0.311 e. The molecule has 318 valence electrons. The Kier molecular flexibility index (Phi) is 8.72. The largest absolute Gasteiger partial charge is 0.311 e. The maximum atomic E-state index is 2.70. The van der Waals surface area contributed by atoms with Crippen LogP contribution in [0.15, 0.2) is 115 Å². The van der Waals surface area contributed by atoms with Crippen LogP contribution in [-0.4, -0.2) is 6.71 Å². The molecule has 7 aromatic rings. The SMILES string of the molecule is Cc1cc2c3c(c1)N(c1ccc(-c4ccccc4)cc1)c1sc4ccc(C(C)(C)C)cc4c1B3c1cc3c(cc1N2c1ccc2c(c1)C(C)(C)CCC2(C)C)C(C)(C)CCC3(C)C. The zero-order chi connectivity index (χ0) is 44.2. The average Bonchev–Trinajstić information content (AvgIpc) is 3.62. The molecule has 3 heterocycles. The van der Waals surface area contributed by atoms with E-state index in [1.807, 2.05) is 11.3 Å². The number of thiophene rings is 1. The van der Waals surface area contributed by atoms with Crippen LogP contribution in [-0.2, 0) is 27.1 Å². The van der Waals surface area contributed by atoms with Gasteiger partial charge in [-0.25, -0.2) is 0 Å². The van der Waals surface area contributed by atoms with Gasteiger partial charge in [-0.3, -0.25) is 0 Å². The van der Waals surface area contributed by atoms with Gasteiger partial charge in [0.15, 0.2) is 0 Å². The molecule has 11 rings (SSSR count). The second-order valence-electron chi connectivity index (χ2n) is 23.2. The van der Waals surface area contributed by atoms with Crippen molar-refractivity contribution in [2.75, 3.05) is 9.80 Å². The highest BCUT2D eigenvalue weighted by atomic mass is 32.1. The monoisotopic (exact) mass is 842 g/mol. The molecule has 4 heteroatoms. The van der Waals surface area contributed by atoms with Crippen LogP contribution in [0.5, 0.6) is 0 Å². The Balaban J connectivity index is 1.25. The molecule has 0 saturated heterocycles. The van der Waals surface area contributed by atoms with E-state index in [1.165, 1.54) is 130 Å². The number of aryl methyl sites for hydroxylation is 1. The summed E-state index contributed by atoms with van der Waals surface area (Å²) < 4.78 is 1.35. The molecule has 0 N–H and O–H groups in total. The summed E-state index contributed by atoms with van der Waals surface area (Å²) in [5, 5.41) is 2.73. The first-order valence-corrected chi connectivity index (χ1v) is 24.4. The van der Waals surface area contributed by atoms with E-state index in [9.17, 15) is 0 Å². The molecule has 63 heavy (non-hydrogen) atoms. The molecule has 0 radical (unpaired) electrons. The van der Waals surface area contributed by atoms with E-state index in [-0.39, 0.29) is 33.8 Å². The Labute approximate surface area is 381 Å². The predicted octanol–water partition coefficient (Wildman–Crippen LogP) is 15.0. The minimum atomic E-state index is 0.0234. The summed E-state index contributed by atoms with van der Waals surface area (Å²) in [6, 6.07) is 45.4. The second-order valence-corrected chi connectivity index (χ2v) is 24.3. The number of nitrogens with zero attached hydrogens (tertiary/aromatic N) is 2. The van der Waals surface area contributed by atoms with Crippen LogP contribution in [0.3, 0.4) is 0 Å². The Morgan fingerprint density at radius 1 is 0.508 bits per heavy atom. The van der Waals surface area contributed by atoms with Crippen molar-refractivity contribution >= 4 is 78.0 Å². The van der Waals surface area contributed by atoms with Crippen LogP contribution in [0.1, 0.15) is 135 Å². The van der Waals surface area contributed by atoms with Crippen LogP contribution < -0.4 is 26.2 Å². The summed E-state index contributed by atoms with van der Waals surface area (Å²) in [4.78, 5) is 5.32. The van der Waals surface area contributed by atoms with E-state index >= 15 is 0 Å². The van der Waals surface area contributed by atoms with Gasteiger partial charge >= 0.3 is 0 Å². The summed E-state index contributed by atoms with van der Waals surface area (Å²) in [5.74, 6) is 0. The number of hydrogen-bond donors (Lipinski definition) is 0. The minimum absolute atomic E-state index is 0.0234. The average molecular weight is 843 g/mol. The molecule has 2 aliphatic heterocycles. The molecule has 0 unspecified atom stereocenters. The van der Waals surface area contributed by atoms with Crippen molar-refractivity contribution in [3.63, 3.8) is 0 Å². The maximum absolute atomic E-state index is 2.70. The van der Waals surface area contributed by atoms with Gasteiger partial charge in [-0.15, -0.1) is 11.3 Å². The fourth-order valence-corrected chi connectivity index (χ4v) is 13.1. The van der Waals surface area contributed by atoms with Crippen molar-refractivity contribution in [3.05, 3.63) is 149 Å². The zero-order valence-corrected chi connectivity index (χ0v) is 40.5. The quantitative estimate of drug-likeness (QED) is 0.164. The van der Waals surface area contributed by atoms with Crippen molar-refractivity contribution in [2.24, 2.45) is 0 Å². The lowest BCUT2D eigenvalue weighted by Crippen LogP contribution is -2.61. The van der Waals surface area contributed by atoms with Crippen LogP contribution >= 0.6 is 11.3 Å². The highest BCUT2D eigenvalue weighted by Crippen LogP contribution is 2.54. The molecule has 0 amide bonds. The number of hydrogen-bond acceptors (Lipinski definition) is 3. The van der Waals surface area contributed by atoms with Crippen molar-refractivity contribution in [2.45, 2.75) is 136 Å². The molecule has 2 nitrogen and oxygen atoms in total. The van der Waals surface area contributed by atoms with Crippen LogP contribution in [0.2, 0.25) is 0 Å². The van der Waals surface area contributed by atoms with Gasteiger partial charge < -0.3 is 9.80 Å². The number of rotatable bonds is 3. The lowest BCUT2D eigenvalue weighted by atomic mass is 9.33. The summed E-state index contributed by atoms with van der Waals surface area (Å²) in [5.41, 5.74) is 22.3. The molecule has 0 fully saturated rings. The van der Waals surface area contributed by atoms with Gasteiger partial charge in [0, 0.05) is 33.1 Å². The number of benzene rings is 6.